The summed E-state index contributed by atoms with van der Waals surface area (Å²) in [4.78, 5) is 18.3. The zero-order valence-corrected chi connectivity index (χ0v) is 10.8. The van der Waals surface area contributed by atoms with E-state index in [1.165, 1.54) is 24.2 Å². The van der Waals surface area contributed by atoms with Crippen LogP contribution in [0.4, 0.5) is 0 Å². The van der Waals surface area contributed by atoms with Gasteiger partial charge in [0.2, 0.25) is 5.91 Å². The molecule has 1 aliphatic carbocycles. The molecule has 0 radical (unpaired) electrons. The molecule has 0 aliphatic heterocycles. The number of hydrogen-bond donors (Lipinski definition) is 0. The summed E-state index contributed by atoms with van der Waals surface area (Å²) in [6, 6.07) is 0. The van der Waals surface area contributed by atoms with Crippen molar-refractivity contribution in [1.29, 1.82) is 0 Å². The molecule has 0 unspecified atom stereocenters. The summed E-state index contributed by atoms with van der Waals surface area (Å²) >= 11 is 0. The van der Waals surface area contributed by atoms with Crippen molar-refractivity contribution in [2.24, 2.45) is 0 Å². The predicted molar refractivity (Wildman–Crippen MR) is 66.8 cm³/mol. The lowest BCUT2D eigenvalue weighted by Gasteiger charge is -2.20. The van der Waals surface area contributed by atoms with Crippen LogP contribution >= 0.6 is 0 Å². The van der Waals surface area contributed by atoms with Crippen LogP contribution in [0.15, 0.2) is 6.33 Å². The van der Waals surface area contributed by atoms with Gasteiger partial charge in [0, 0.05) is 18.8 Å². The van der Waals surface area contributed by atoms with E-state index in [1.807, 2.05) is 29.6 Å². The van der Waals surface area contributed by atoms with Gasteiger partial charge in [-0.15, -0.1) is 0 Å². The van der Waals surface area contributed by atoms with Crippen molar-refractivity contribution in [2.45, 2.75) is 46.1 Å². The molecule has 2 rings (SSSR count). The van der Waals surface area contributed by atoms with Gasteiger partial charge in [-0.25, -0.2) is 4.98 Å². The molecule has 1 aliphatic rings. The highest BCUT2D eigenvalue weighted by Crippen LogP contribution is 2.19. The Morgan fingerprint density at radius 1 is 1.35 bits per heavy atom. The molecule has 0 fully saturated rings. The summed E-state index contributed by atoms with van der Waals surface area (Å²) in [6.07, 6.45) is 6.42. The fourth-order valence-electron chi connectivity index (χ4n) is 2.49. The minimum atomic E-state index is 0.195. The summed E-state index contributed by atoms with van der Waals surface area (Å²) in [5.41, 5.74) is 2.47. The summed E-state index contributed by atoms with van der Waals surface area (Å²) < 4.78 is 2.04. The maximum Gasteiger partial charge on any atom is 0.242 e. The lowest BCUT2D eigenvalue weighted by atomic mass is 10.0. The number of aromatic nitrogens is 2. The normalized spacial score (nSPS) is 14.5. The van der Waals surface area contributed by atoms with Crippen LogP contribution in [-0.2, 0) is 24.2 Å². The molecular weight excluding hydrogens is 214 g/mol. The second kappa shape index (κ2) is 5.34. The SMILES string of the molecule is CCN(CC)C(=O)Cn1cnc2c1CCCC2. The van der Waals surface area contributed by atoms with Gasteiger partial charge in [0.25, 0.3) is 0 Å². The second-order valence-corrected chi connectivity index (χ2v) is 4.54. The number of imidazole rings is 1. The highest BCUT2D eigenvalue weighted by atomic mass is 16.2. The van der Waals surface area contributed by atoms with E-state index in [-0.39, 0.29) is 5.91 Å². The Kier molecular flexibility index (Phi) is 3.82. The molecule has 1 aromatic rings. The van der Waals surface area contributed by atoms with E-state index in [4.69, 9.17) is 0 Å². The molecule has 0 N–H and O–H groups in total. The standard InChI is InChI=1S/C13H21N3O/c1-3-15(4-2)13(17)9-16-10-14-11-7-5-6-8-12(11)16/h10H,3-9H2,1-2H3. The third kappa shape index (κ3) is 2.51. The van der Waals surface area contributed by atoms with Crippen LogP contribution in [0.5, 0.6) is 0 Å². The number of rotatable bonds is 4. The third-order valence-electron chi connectivity index (χ3n) is 3.53. The number of likely N-dealkylation sites (N-methyl/N-ethyl adjacent to an activating group) is 1. The monoisotopic (exact) mass is 235 g/mol. The lowest BCUT2D eigenvalue weighted by Crippen LogP contribution is -2.33. The maximum absolute atomic E-state index is 12.0. The van der Waals surface area contributed by atoms with Gasteiger partial charge >= 0.3 is 0 Å². The summed E-state index contributed by atoms with van der Waals surface area (Å²) in [7, 11) is 0. The van der Waals surface area contributed by atoms with E-state index in [2.05, 4.69) is 4.98 Å². The second-order valence-electron chi connectivity index (χ2n) is 4.54. The van der Waals surface area contributed by atoms with Crippen LogP contribution < -0.4 is 0 Å². The Morgan fingerprint density at radius 2 is 2.06 bits per heavy atom. The molecule has 0 atom stereocenters. The van der Waals surface area contributed by atoms with Gasteiger partial charge in [-0.3, -0.25) is 4.79 Å². The number of fused-ring (bicyclic) bond motifs is 1. The van der Waals surface area contributed by atoms with Crippen LogP contribution in [0, 0.1) is 0 Å². The zero-order chi connectivity index (χ0) is 12.3. The number of carbonyl (C=O) groups is 1. The summed E-state index contributed by atoms with van der Waals surface area (Å²) in [6.45, 7) is 6.05. The van der Waals surface area contributed by atoms with Crippen molar-refractivity contribution < 1.29 is 4.79 Å². The Labute approximate surface area is 103 Å². The first-order valence-electron chi connectivity index (χ1n) is 6.56. The van der Waals surface area contributed by atoms with Gasteiger partial charge in [0.15, 0.2) is 0 Å². The predicted octanol–water partition coefficient (Wildman–Crippen LogP) is 1.63. The maximum atomic E-state index is 12.0. The molecule has 1 heterocycles. The van der Waals surface area contributed by atoms with Gasteiger partial charge < -0.3 is 9.47 Å². The van der Waals surface area contributed by atoms with Crippen molar-refractivity contribution >= 4 is 5.91 Å². The van der Waals surface area contributed by atoms with Crippen LogP contribution in [-0.4, -0.2) is 33.4 Å². The fraction of sp³-hybridized carbons (Fsp3) is 0.692. The van der Waals surface area contributed by atoms with Crippen molar-refractivity contribution in [2.75, 3.05) is 13.1 Å². The quantitative estimate of drug-likeness (QED) is 0.795. The molecule has 0 spiro atoms. The van der Waals surface area contributed by atoms with E-state index in [9.17, 15) is 4.79 Å². The minimum Gasteiger partial charge on any atom is -0.342 e. The molecule has 1 aromatic heterocycles. The number of aryl methyl sites for hydroxylation is 1. The molecule has 17 heavy (non-hydrogen) atoms. The Bertz CT molecular complexity index is 393. The molecule has 0 saturated heterocycles. The largest absolute Gasteiger partial charge is 0.342 e. The zero-order valence-electron chi connectivity index (χ0n) is 10.8. The Hall–Kier alpha value is -1.32. The van der Waals surface area contributed by atoms with E-state index in [1.54, 1.807) is 0 Å². The molecule has 0 saturated carbocycles. The van der Waals surface area contributed by atoms with Crippen LogP contribution in [0.2, 0.25) is 0 Å². The van der Waals surface area contributed by atoms with E-state index in [0.717, 1.165) is 25.9 Å². The molecular formula is C13H21N3O. The average Bonchev–Trinajstić information content (AvgIpc) is 2.74. The number of amides is 1. The minimum absolute atomic E-state index is 0.195. The van der Waals surface area contributed by atoms with E-state index >= 15 is 0 Å². The van der Waals surface area contributed by atoms with Gasteiger partial charge in [-0.05, 0) is 39.5 Å². The summed E-state index contributed by atoms with van der Waals surface area (Å²) in [5, 5.41) is 0. The molecule has 4 nitrogen and oxygen atoms in total. The molecule has 0 bridgehead atoms. The molecule has 94 valence electrons. The molecule has 0 aromatic carbocycles. The van der Waals surface area contributed by atoms with Crippen LogP contribution in [0.25, 0.3) is 0 Å². The van der Waals surface area contributed by atoms with Crippen LogP contribution in [0.1, 0.15) is 38.1 Å². The average molecular weight is 235 g/mol. The lowest BCUT2D eigenvalue weighted by molar-refractivity contribution is -0.131. The van der Waals surface area contributed by atoms with Crippen molar-refractivity contribution in [3.8, 4) is 0 Å². The van der Waals surface area contributed by atoms with Crippen molar-refractivity contribution in [1.82, 2.24) is 14.5 Å². The summed E-state index contributed by atoms with van der Waals surface area (Å²) in [5.74, 6) is 0.195. The molecule has 1 amide bonds. The number of carbonyl (C=O) groups excluding carboxylic acids is 1. The first kappa shape index (κ1) is 12.1. The third-order valence-corrected chi connectivity index (χ3v) is 3.53. The first-order chi connectivity index (χ1) is 8.26. The number of hydrogen-bond acceptors (Lipinski definition) is 2. The Morgan fingerprint density at radius 3 is 2.76 bits per heavy atom. The van der Waals surface area contributed by atoms with Gasteiger partial charge in [-0.1, -0.05) is 0 Å². The van der Waals surface area contributed by atoms with Crippen molar-refractivity contribution in [3.63, 3.8) is 0 Å². The van der Waals surface area contributed by atoms with Gasteiger partial charge in [0.1, 0.15) is 6.54 Å². The number of nitrogens with zero attached hydrogens (tertiary/aromatic N) is 3. The highest BCUT2D eigenvalue weighted by Gasteiger charge is 2.18. The molecule has 4 heteroatoms. The highest BCUT2D eigenvalue weighted by molar-refractivity contribution is 5.76. The first-order valence-corrected chi connectivity index (χ1v) is 6.56. The fourth-order valence-corrected chi connectivity index (χ4v) is 2.49. The topological polar surface area (TPSA) is 38.1 Å². The van der Waals surface area contributed by atoms with Crippen molar-refractivity contribution in [3.05, 3.63) is 17.7 Å². The van der Waals surface area contributed by atoms with Gasteiger partial charge in [0.05, 0.1) is 12.0 Å². The Balaban J connectivity index is 2.08. The smallest absolute Gasteiger partial charge is 0.242 e. The van der Waals surface area contributed by atoms with Gasteiger partial charge in [-0.2, -0.15) is 0 Å². The van der Waals surface area contributed by atoms with E-state index < -0.39 is 0 Å². The van der Waals surface area contributed by atoms with E-state index in [0.29, 0.717) is 6.54 Å². The van der Waals surface area contributed by atoms with Crippen LogP contribution in [0.3, 0.4) is 0 Å².